The average molecular weight is 567 g/mol. The number of aromatic nitrogens is 2. The number of piperidine rings is 1. The highest BCUT2D eigenvalue weighted by atomic mass is 16.5. The van der Waals surface area contributed by atoms with Crippen LogP contribution in [0.5, 0.6) is 0 Å². The first kappa shape index (κ1) is 27.2. The third-order valence-electron chi connectivity index (χ3n) is 10.7. The van der Waals surface area contributed by atoms with Gasteiger partial charge in [-0.2, -0.15) is 0 Å². The second kappa shape index (κ2) is 10.3. The van der Waals surface area contributed by atoms with E-state index in [9.17, 15) is 9.59 Å². The van der Waals surface area contributed by atoms with E-state index in [1.54, 1.807) is 11.1 Å². The quantitative estimate of drug-likeness (QED) is 0.342. The molecule has 1 aromatic heterocycles. The Balaban J connectivity index is 1.14. The minimum absolute atomic E-state index is 0.0564. The molecule has 3 aromatic rings. The summed E-state index contributed by atoms with van der Waals surface area (Å²) >= 11 is 0. The van der Waals surface area contributed by atoms with E-state index in [0.717, 1.165) is 29.9 Å². The largest absolute Gasteiger partial charge is 0.453 e. The molecule has 4 atom stereocenters. The third-order valence-corrected chi connectivity index (χ3v) is 10.7. The van der Waals surface area contributed by atoms with Crippen LogP contribution in [0.15, 0.2) is 42.6 Å². The Morgan fingerprint density at radius 2 is 1.79 bits per heavy atom. The summed E-state index contributed by atoms with van der Waals surface area (Å²) in [5.41, 5.74) is 9.77. The number of nitrogens with zero attached hydrogens (tertiary/aromatic N) is 2. The number of aryl methyl sites for hydroxylation is 1. The zero-order valence-corrected chi connectivity index (χ0v) is 25.2. The van der Waals surface area contributed by atoms with E-state index in [1.807, 2.05) is 24.9 Å². The zero-order valence-electron chi connectivity index (χ0n) is 25.2. The van der Waals surface area contributed by atoms with Crippen LogP contribution in [0.3, 0.4) is 0 Å². The van der Waals surface area contributed by atoms with Crippen LogP contribution in [-0.4, -0.2) is 46.1 Å². The van der Waals surface area contributed by atoms with Crippen LogP contribution in [0.4, 0.5) is 4.79 Å². The molecule has 0 bridgehead atoms. The minimum Gasteiger partial charge on any atom is -0.453 e. The van der Waals surface area contributed by atoms with Gasteiger partial charge in [0.1, 0.15) is 11.9 Å². The van der Waals surface area contributed by atoms with Crippen LogP contribution in [0.1, 0.15) is 87.3 Å². The Kier molecular flexibility index (Phi) is 6.67. The summed E-state index contributed by atoms with van der Waals surface area (Å²) in [6, 6.07) is 13.0. The molecule has 2 aromatic carbocycles. The summed E-state index contributed by atoms with van der Waals surface area (Å²) in [5.74, 6) is 1.20. The molecule has 7 rings (SSSR count). The number of hydrogen-bond acceptors (Lipinski definition) is 4. The molecule has 7 nitrogen and oxygen atoms in total. The zero-order chi connectivity index (χ0) is 29.2. The number of ether oxygens (including phenoxy) is 1. The predicted molar refractivity (Wildman–Crippen MR) is 163 cm³/mol. The summed E-state index contributed by atoms with van der Waals surface area (Å²) in [6.45, 7) is 6.17. The maximum atomic E-state index is 13.7. The lowest BCUT2D eigenvalue weighted by molar-refractivity contribution is -0.136. The van der Waals surface area contributed by atoms with Crippen molar-refractivity contribution in [2.75, 3.05) is 7.11 Å². The first-order valence-electron chi connectivity index (χ1n) is 15.7. The van der Waals surface area contributed by atoms with Crippen molar-refractivity contribution < 1.29 is 14.3 Å². The van der Waals surface area contributed by atoms with Crippen molar-refractivity contribution in [1.82, 2.24) is 20.2 Å². The Labute approximate surface area is 248 Å². The minimum atomic E-state index is -0.632. The van der Waals surface area contributed by atoms with E-state index in [-0.39, 0.29) is 23.9 Å². The highest BCUT2D eigenvalue weighted by Gasteiger charge is 2.56. The summed E-state index contributed by atoms with van der Waals surface area (Å²) < 4.78 is 4.79. The fraction of sp³-hybridized carbons (Fsp3) is 0.514. The molecule has 2 heterocycles. The summed E-state index contributed by atoms with van der Waals surface area (Å²) in [6.07, 6.45) is 11.1. The van der Waals surface area contributed by atoms with Gasteiger partial charge < -0.3 is 19.9 Å². The standard InChI is InChI=1S/C35H42N4O3/c1-20(2)31(38-34(41)42-4)33(40)39-28-17-24(28)18-29(39)32-36-19-27(37-32)23-10-8-22(9-11-23)26-12-7-21(3)25-13-16-35(30(25)26)14-5-6-15-35/h7-12,19-20,24,28-29,31H,5-6,13-18H2,1-4H3,(H,36,37)(H,38,41)/t24?,28?,29-,31-/m0/s1. The number of rotatable bonds is 6. The van der Waals surface area contributed by atoms with Gasteiger partial charge in [0, 0.05) is 6.04 Å². The van der Waals surface area contributed by atoms with Crippen LogP contribution in [0.2, 0.25) is 0 Å². The highest BCUT2D eigenvalue weighted by Crippen LogP contribution is 2.55. The number of imidazole rings is 1. The fourth-order valence-corrected chi connectivity index (χ4v) is 8.32. The van der Waals surface area contributed by atoms with Crippen molar-refractivity contribution in [2.45, 2.75) is 95.7 Å². The van der Waals surface area contributed by atoms with Gasteiger partial charge in [0.15, 0.2) is 0 Å². The van der Waals surface area contributed by atoms with Crippen molar-refractivity contribution in [3.63, 3.8) is 0 Å². The number of benzene rings is 2. The molecule has 4 aliphatic rings. The molecule has 2 amide bonds. The van der Waals surface area contributed by atoms with E-state index in [0.29, 0.717) is 11.3 Å². The lowest BCUT2D eigenvalue weighted by Gasteiger charge is -2.31. The molecule has 3 fully saturated rings. The topological polar surface area (TPSA) is 87.3 Å². The van der Waals surface area contributed by atoms with E-state index < -0.39 is 12.1 Å². The van der Waals surface area contributed by atoms with Gasteiger partial charge in [0.25, 0.3) is 0 Å². The van der Waals surface area contributed by atoms with Crippen molar-refractivity contribution >= 4 is 12.0 Å². The first-order chi connectivity index (χ1) is 20.3. The number of aromatic amines is 1. The Hall–Kier alpha value is -3.61. The van der Waals surface area contributed by atoms with Gasteiger partial charge in [0.2, 0.25) is 5.91 Å². The molecule has 2 unspecified atom stereocenters. The van der Waals surface area contributed by atoms with Gasteiger partial charge in [-0.15, -0.1) is 0 Å². The van der Waals surface area contributed by atoms with Crippen molar-refractivity contribution in [2.24, 2.45) is 11.8 Å². The van der Waals surface area contributed by atoms with Gasteiger partial charge >= 0.3 is 6.09 Å². The van der Waals surface area contributed by atoms with Gasteiger partial charge in [-0.1, -0.05) is 63.1 Å². The maximum absolute atomic E-state index is 13.7. The van der Waals surface area contributed by atoms with E-state index >= 15 is 0 Å². The predicted octanol–water partition coefficient (Wildman–Crippen LogP) is 6.85. The summed E-state index contributed by atoms with van der Waals surface area (Å²) in [5, 5.41) is 2.76. The molecule has 7 heteroatoms. The number of carbonyl (C=O) groups excluding carboxylic acids is 2. The lowest BCUT2D eigenvalue weighted by atomic mass is 9.76. The van der Waals surface area contributed by atoms with Gasteiger partial charge in [-0.05, 0) is 96.1 Å². The molecule has 2 N–H and O–H groups in total. The van der Waals surface area contributed by atoms with Crippen LogP contribution in [0, 0.1) is 18.8 Å². The van der Waals surface area contributed by atoms with Crippen LogP contribution >= 0.6 is 0 Å². The van der Waals surface area contributed by atoms with E-state index in [4.69, 9.17) is 9.72 Å². The molecule has 0 radical (unpaired) electrons. The van der Waals surface area contributed by atoms with Crippen LogP contribution < -0.4 is 5.32 Å². The normalized spacial score (nSPS) is 24.1. The number of alkyl carbamates (subject to hydrolysis) is 1. The summed E-state index contributed by atoms with van der Waals surface area (Å²) in [4.78, 5) is 36.0. The number of hydrogen-bond donors (Lipinski definition) is 2. The van der Waals surface area contributed by atoms with Crippen LogP contribution in [-0.2, 0) is 21.4 Å². The number of carbonyl (C=O) groups is 2. The van der Waals surface area contributed by atoms with Crippen molar-refractivity contribution in [3.05, 3.63) is 65.1 Å². The number of methoxy groups -OCH3 is 1. The van der Waals surface area contributed by atoms with E-state index in [2.05, 4.69) is 53.6 Å². The second-order valence-corrected chi connectivity index (χ2v) is 13.4. The van der Waals surface area contributed by atoms with Gasteiger partial charge in [0.05, 0.1) is 25.0 Å². The fourth-order valence-electron chi connectivity index (χ4n) is 8.32. The molecule has 220 valence electrons. The lowest BCUT2D eigenvalue weighted by Crippen LogP contribution is -2.52. The number of H-pyrrole nitrogens is 1. The Morgan fingerprint density at radius 3 is 2.50 bits per heavy atom. The second-order valence-electron chi connectivity index (χ2n) is 13.4. The highest BCUT2D eigenvalue weighted by molar-refractivity contribution is 5.87. The molecule has 2 saturated carbocycles. The third kappa shape index (κ3) is 4.43. The Bertz CT molecular complexity index is 1520. The SMILES string of the molecule is COC(=O)N[C@H](C(=O)N1C2CC2C[C@H]1c1ncc(-c2ccc(-c3ccc(C)c4c3C3(CCCC3)CC4)cc2)[nH]1)C(C)C. The molecular formula is C35H42N4O3. The number of likely N-dealkylation sites (tertiary alicyclic amines) is 1. The molecule has 3 aliphatic carbocycles. The van der Waals surface area contributed by atoms with Gasteiger partial charge in [-0.25, -0.2) is 9.78 Å². The van der Waals surface area contributed by atoms with Crippen molar-refractivity contribution in [3.8, 4) is 22.4 Å². The molecule has 1 spiro atoms. The monoisotopic (exact) mass is 566 g/mol. The average Bonchev–Trinajstić information content (AvgIpc) is 3.48. The smallest absolute Gasteiger partial charge is 0.407 e. The van der Waals surface area contributed by atoms with Gasteiger partial charge in [-0.3, -0.25) is 4.79 Å². The maximum Gasteiger partial charge on any atom is 0.407 e. The molecular weight excluding hydrogens is 524 g/mol. The van der Waals surface area contributed by atoms with Crippen molar-refractivity contribution in [1.29, 1.82) is 0 Å². The molecule has 1 saturated heterocycles. The van der Waals surface area contributed by atoms with E-state index in [1.165, 1.54) is 62.3 Å². The van der Waals surface area contributed by atoms with Crippen LogP contribution in [0.25, 0.3) is 22.4 Å². The number of nitrogens with one attached hydrogen (secondary N) is 2. The molecule has 42 heavy (non-hydrogen) atoms. The molecule has 1 aliphatic heterocycles. The summed E-state index contributed by atoms with van der Waals surface area (Å²) in [7, 11) is 1.32. The first-order valence-corrected chi connectivity index (χ1v) is 15.7. The number of fused-ring (bicyclic) bond motifs is 3. The number of amides is 2. The Morgan fingerprint density at radius 1 is 1.05 bits per heavy atom.